The number of nitrogens with zero attached hydrogens (tertiary/aromatic N) is 2. The van der Waals surface area contributed by atoms with Crippen molar-refractivity contribution in [2.24, 2.45) is 29.6 Å². The molecule has 0 aromatic heterocycles. The molecule has 0 saturated carbocycles. The largest absolute Gasteiger partial charge is 0.341 e. The van der Waals surface area contributed by atoms with Gasteiger partial charge in [-0.3, -0.25) is 0 Å². The van der Waals surface area contributed by atoms with Crippen LogP contribution in [0.4, 0.5) is 5.69 Å². The molecule has 0 spiro atoms. The van der Waals surface area contributed by atoms with Gasteiger partial charge in [0.25, 0.3) is 0 Å². The highest BCUT2D eigenvalue weighted by molar-refractivity contribution is 5.67. The van der Waals surface area contributed by atoms with Crippen LogP contribution in [-0.4, -0.2) is 10.9 Å². The van der Waals surface area contributed by atoms with Crippen molar-refractivity contribution in [1.29, 1.82) is 0 Å². The molecule has 0 heterocycles. The Hall–Kier alpha value is -4.82. The van der Waals surface area contributed by atoms with Crippen molar-refractivity contribution < 1.29 is 0 Å². The number of fused-ring (bicyclic) bond motifs is 7. The first-order valence-electron chi connectivity index (χ1n) is 20.1. The van der Waals surface area contributed by atoms with E-state index >= 15 is 0 Å². The van der Waals surface area contributed by atoms with Crippen LogP contribution in [0, 0.1) is 29.6 Å². The van der Waals surface area contributed by atoms with Crippen LogP contribution in [0.15, 0.2) is 186 Å². The monoisotopic (exact) mass is 678 g/mol. The minimum atomic E-state index is 0.403. The summed E-state index contributed by atoms with van der Waals surface area (Å²) in [6.45, 7) is 0. The Labute approximate surface area is 310 Å². The molecule has 2 aromatic rings. The molecule has 0 aliphatic heterocycles. The normalized spacial score (nSPS) is 32.1. The zero-order chi connectivity index (χ0) is 34.4. The second kappa shape index (κ2) is 13.6. The highest BCUT2D eigenvalue weighted by atomic mass is 15.2. The Kier molecular flexibility index (Phi) is 8.35. The lowest BCUT2D eigenvalue weighted by Crippen LogP contribution is -2.41. The molecule has 10 rings (SSSR count). The molecule has 8 atom stereocenters. The van der Waals surface area contributed by atoms with Gasteiger partial charge in [-0.15, -0.1) is 0 Å². The topological polar surface area (TPSA) is 6.48 Å². The van der Waals surface area contributed by atoms with E-state index in [1.54, 1.807) is 5.56 Å². The fraction of sp³-hybridized carbons (Fsp3) is 0.320. The number of benzene rings is 2. The second-order valence-corrected chi connectivity index (χ2v) is 16.1. The fourth-order valence-electron chi connectivity index (χ4n) is 11.0. The molecule has 2 bridgehead atoms. The summed E-state index contributed by atoms with van der Waals surface area (Å²) in [5.41, 5.74) is 11.4. The fourth-order valence-corrected chi connectivity index (χ4v) is 11.0. The van der Waals surface area contributed by atoms with Gasteiger partial charge >= 0.3 is 0 Å². The van der Waals surface area contributed by atoms with Crippen LogP contribution in [0.25, 0.3) is 0 Å². The molecular formula is C50H50N2. The zero-order valence-corrected chi connectivity index (χ0v) is 30.2. The van der Waals surface area contributed by atoms with Crippen molar-refractivity contribution in [3.63, 3.8) is 0 Å². The molecule has 260 valence electrons. The van der Waals surface area contributed by atoms with E-state index in [0.29, 0.717) is 47.5 Å². The SMILES string of the molecule is C1=CC2C=CCC(N(C3=CCCC=C3)C3=CC=C(N(C4=C5C=CCC6c7ccccc7C(C=C4)C56)c4ccccc4)CC3)C3C=CCC(C3)C2C=C1. The number of anilines is 1. The molecule has 0 radical (unpaired) electrons. The third kappa shape index (κ3) is 5.54. The van der Waals surface area contributed by atoms with Crippen molar-refractivity contribution in [1.82, 2.24) is 4.90 Å². The summed E-state index contributed by atoms with van der Waals surface area (Å²) in [6, 6.07) is 20.7. The van der Waals surface area contributed by atoms with E-state index in [9.17, 15) is 0 Å². The smallest absolute Gasteiger partial charge is 0.0490 e. The Morgan fingerprint density at radius 3 is 2.33 bits per heavy atom. The quantitative estimate of drug-likeness (QED) is 0.281. The minimum absolute atomic E-state index is 0.403. The van der Waals surface area contributed by atoms with Crippen LogP contribution < -0.4 is 4.90 Å². The maximum atomic E-state index is 2.77. The minimum Gasteiger partial charge on any atom is -0.341 e. The maximum absolute atomic E-state index is 2.77. The van der Waals surface area contributed by atoms with Crippen LogP contribution in [0.1, 0.15) is 74.3 Å². The molecule has 0 fully saturated rings. The third-order valence-corrected chi connectivity index (χ3v) is 13.3. The average molecular weight is 679 g/mol. The van der Waals surface area contributed by atoms with Crippen molar-refractivity contribution >= 4 is 5.69 Å². The van der Waals surface area contributed by atoms with Gasteiger partial charge in [-0.05, 0) is 128 Å². The molecule has 52 heavy (non-hydrogen) atoms. The van der Waals surface area contributed by atoms with E-state index in [1.165, 1.54) is 52.5 Å². The summed E-state index contributed by atoms with van der Waals surface area (Å²) in [5, 5.41) is 0. The van der Waals surface area contributed by atoms with Crippen molar-refractivity contribution in [2.75, 3.05) is 4.90 Å². The van der Waals surface area contributed by atoms with E-state index in [4.69, 9.17) is 0 Å². The summed E-state index contributed by atoms with van der Waals surface area (Å²) in [6.07, 6.45) is 50.6. The van der Waals surface area contributed by atoms with Gasteiger partial charge in [0, 0.05) is 52.3 Å². The van der Waals surface area contributed by atoms with E-state index in [-0.39, 0.29) is 0 Å². The first-order valence-corrected chi connectivity index (χ1v) is 20.1. The van der Waals surface area contributed by atoms with Crippen LogP contribution in [0.5, 0.6) is 0 Å². The molecule has 2 heteroatoms. The van der Waals surface area contributed by atoms with Crippen LogP contribution >= 0.6 is 0 Å². The van der Waals surface area contributed by atoms with Gasteiger partial charge in [-0.1, -0.05) is 121 Å². The Balaban J connectivity index is 1.03. The number of para-hydroxylation sites is 1. The molecule has 0 N–H and O–H groups in total. The molecule has 8 aliphatic rings. The molecule has 0 saturated heterocycles. The Bertz CT molecular complexity index is 2060. The highest BCUT2D eigenvalue weighted by Gasteiger charge is 2.45. The predicted molar refractivity (Wildman–Crippen MR) is 216 cm³/mol. The van der Waals surface area contributed by atoms with Crippen molar-refractivity contribution in [3.05, 3.63) is 197 Å². The first-order chi connectivity index (χ1) is 25.8. The number of rotatable bonds is 6. The van der Waals surface area contributed by atoms with Gasteiger partial charge in [-0.2, -0.15) is 0 Å². The first kappa shape index (κ1) is 31.9. The predicted octanol–water partition coefficient (Wildman–Crippen LogP) is 12.1. The molecule has 0 amide bonds. The van der Waals surface area contributed by atoms with Gasteiger partial charge in [-0.25, -0.2) is 0 Å². The zero-order valence-electron chi connectivity index (χ0n) is 30.2. The summed E-state index contributed by atoms with van der Waals surface area (Å²) in [5.74, 6) is 3.86. The van der Waals surface area contributed by atoms with Gasteiger partial charge in [0.1, 0.15) is 0 Å². The van der Waals surface area contributed by atoms with Crippen molar-refractivity contribution in [3.8, 4) is 0 Å². The summed E-state index contributed by atoms with van der Waals surface area (Å²) >= 11 is 0. The van der Waals surface area contributed by atoms with Gasteiger partial charge in [0.2, 0.25) is 0 Å². The molecule has 2 aromatic carbocycles. The second-order valence-electron chi connectivity index (χ2n) is 16.1. The standard InChI is InChI=1S/C50H50N2/c1-3-18-38(19-4-1)51(48-27-12-15-35-14-7-8-22-42(35)36-16-11-17-37(48)34-36)40-28-30-41(31-29-40)52(39-20-5-2-6-21-39)49-33-32-46-44-24-10-9-23-43(44)45-25-13-26-47(49)50(45)46/h2-3,5-15,17-24,26,28,30,32-33,35-37,42,45-46,48,50H,1,4,16,25,27,29,31,34H2. The number of hydrogen-bond acceptors (Lipinski definition) is 2. The van der Waals surface area contributed by atoms with Gasteiger partial charge < -0.3 is 9.80 Å². The Morgan fingerprint density at radius 2 is 1.46 bits per heavy atom. The average Bonchev–Trinajstić information content (AvgIpc) is 3.56. The van der Waals surface area contributed by atoms with Crippen LogP contribution in [-0.2, 0) is 0 Å². The Morgan fingerprint density at radius 1 is 0.635 bits per heavy atom. The van der Waals surface area contributed by atoms with E-state index in [1.807, 2.05) is 0 Å². The lowest BCUT2D eigenvalue weighted by Gasteiger charge is -2.44. The van der Waals surface area contributed by atoms with E-state index in [2.05, 4.69) is 168 Å². The number of hydrogen-bond donors (Lipinski definition) is 0. The molecular weight excluding hydrogens is 629 g/mol. The summed E-state index contributed by atoms with van der Waals surface area (Å²) in [4.78, 5) is 5.37. The number of allylic oxidation sites excluding steroid dienone is 18. The van der Waals surface area contributed by atoms with E-state index in [0.717, 1.165) is 38.5 Å². The summed E-state index contributed by atoms with van der Waals surface area (Å²) in [7, 11) is 0. The van der Waals surface area contributed by atoms with Gasteiger partial charge in [0.15, 0.2) is 0 Å². The highest BCUT2D eigenvalue weighted by Crippen LogP contribution is 2.57. The maximum Gasteiger partial charge on any atom is 0.0490 e. The van der Waals surface area contributed by atoms with Crippen LogP contribution in [0.2, 0.25) is 0 Å². The lowest BCUT2D eigenvalue weighted by atomic mass is 9.71. The third-order valence-electron chi connectivity index (χ3n) is 13.3. The van der Waals surface area contributed by atoms with Gasteiger partial charge in [0.05, 0.1) is 0 Å². The lowest BCUT2D eigenvalue weighted by molar-refractivity contribution is 0.199. The summed E-state index contributed by atoms with van der Waals surface area (Å²) < 4.78 is 0. The van der Waals surface area contributed by atoms with E-state index < -0.39 is 0 Å². The van der Waals surface area contributed by atoms with Crippen LogP contribution in [0.3, 0.4) is 0 Å². The molecule has 8 aliphatic carbocycles. The van der Waals surface area contributed by atoms with Crippen molar-refractivity contribution in [2.45, 2.75) is 69.2 Å². The molecule has 8 unspecified atom stereocenters. The molecule has 2 nitrogen and oxygen atoms in total.